The second-order valence-electron chi connectivity index (χ2n) is 6.49. The van der Waals surface area contributed by atoms with E-state index in [-0.39, 0.29) is 18.3 Å². The van der Waals surface area contributed by atoms with E-state index in [2.05, 4.69) is 33.1 Å². The van der Waals surface area contributed by atoms with Crippen LogP contribution in [0.5, 0.6) is 5.75 Å². The first-order chi connectivity index (χ1) is 12.5. The molecule has 0 bridgehead atoms. The van der Waals surface area contributed by atoms with Gasteiger partial charge < -0.3 is 9.15 Å². The summed E-state index contributed by atoms with van der Waals surface area (Å²) in [5, 5.41) is 8.10. The Morgan fingerprint density at radius 3 is 2.73 bits per heavy atom. The number of ketones is 1. The van der Waals surface area contributed by atoms with Gasteiger partial charge in [0.2, 0.25) is 5.89 Å². The summed E-state index contributed by atoms with van der Waals surface area (Å²) in [6.45, 7) is 4.23. The van der Waals surface area contributed by atoms with E-state index in [0.29, 0.717) is 29.5 Å². The summed E-state index contributed by atoms with van der Waals surface area (Å²) in [6, 6.07) is 11.5. The summed E-state index contributed by atoms with van der Waals surface area (Å²) >= 11 is 3.40. The second-order valence-corrected chi connectivity index (χ2v) is 7.41. The fourth-order valence-corrected chi connectivity index (χ4v) is 3.65. The fraction of sp³-hybridized carbons (Fsp3) is 0.250. The van der Waals surface area contributed by atoms with Crippen LogP contribution in [0.1, 0.15) is 46.6 Å². The molecule has 0 aliphatic heterocycles. The lowest BCUT2D eigenvalue weighted by Gasteiger charge is -2.12. The SMILES string of the molecule is Cc1ccc(OCc2nnc(-c3ccc(Br)cc3)o2)c2c1C(C)CC2=O. The van der Waals surface area contributed by atoms with Crippen molar-refractivity contribution in [1.29, 1.82) is 0 Å². The third-order valence-electron chi connectivity index (χ3n) is 4.60. The van der Waals surface area contributed by atoms with Crippen LogP contribution in [0.2, 0.25) is 0 Å². The third kappa shape index (κ3) is 3.05. The maximum absolute atomic E-state index is 12.3. The Labute approximate surface area is 159 Å². The van der Waals surface area contributed by atoms with Crippen molar-refractivity contribution in [3.63, 3.8) is 0 Å². The number of hydrogen-bond acceptors (Lipinski definition) is 5. The first kappa shape index (κ1) is 17.0. The fourth-order valence-electron chi connectivity index (χ4n) is 3.39. The molecule has 1 unspecified atom stereocenters. The minimum Gasteiger partial charge on any atom is -0.483 e. The lowest BCUT2D eigenvalue weighted by molar-refractivity contribution is 0.0986. The van der Waals surface area contributed by atoms with Crippen LogP contribution in [0.4, 0.5) is 0 Å². The molecule has 5 nitrogen and oxygen atoms in total. The van der Waals surface area contributed by atoms with E-state index in [1.165, 1.54) is 0 Å². The molecule has 4 rings (SSSR count). The number of hydrogen-bond donors (Lipinski definition) is 0. The van der Waals surface area contributed by atoms with E-state index in [9.17, 15) is 4.79 Å². The van der Waals surface area contributed by atoms with Crippen LogP contribution in [-0.4, -0.2) is 16.0 Å². The van der Waals surface area contributed by atoms with Crippen LogP contribution >= 0.6 is 15.9 Å². The van der Waals surface area contributed by atoms with Gasteiger partial charge in [0.25, 0.3) is 5.89 Å². The Hall–Kier alpha value is -2.47. The molecule has 1 heterocycles. The van der Waals surface area contributed by atoms with Crippen LogP contribution in [0.25, 0.3) is 11.5 Å². The van der Waals surface area contributed by atoms with Gasteiger partial charge in [0.05, 0.1) is 5.56 Å². The van der Waals surface area contributed by atoms with Crippen LogP contribution < -0.4 is 4.74 Å². The monoisotopic (exact) mass is 412 g/mol. The summed E-state index contributed by atoms with van der Waals surface area (Å²) in [4.78, 5) is 12.3. The molecule has 0 fully saturated rings. The summed E-state index contributed by atoms with van der Waals surface area (Å²) in [7, 11) is 0. The zero-order valence-corrected chi connectivity index (χ0v) is 16.0. The molecule has 0 N–H and O–H groups in total. The number of carbonyl (C=O) groups is 1. The number of nitrogens with zero attached hydrogens (tertiary/aromatic N) is 2. The van der Waals surface area contributed by atoms with Crippen molar-refractivity contribution in [1.82, 2.24) is 10.2 Å². The molecule has 0 spiro atoms. The van der Waals surface area contributed by atoms with E-state index in [1.54, 1.807) is 0 Å². The van der Waals surface area contributed by atoms with Crippen LogP contribution in [-0.2, 0) is 6.61 Å². The highest BCUT2D eigenvalue weighted by molar-refractivity contribution is 9.10. The Balaban J connectivity index is 1.54. The minimum absolute atomic E-state index is 0.126. The maximum Gasteiger partial charge on any atom is 0.254 e. The highest BCUT2D eigenvalue weighted by Gasteiger charge is 2.31. The van der Waals surface area contributed by atoms with Crippen molar-refractivity contribution in [2.75, 3.05) is 0 Å². The Kier molecular flexibility index (Phi) is 4.36. The molecular weight excluding hydrogens is 396 g/mol. The van der Waals surface area contributed by atoms with Gasteiger partial charge in [-0.3, -0.25) is 4.79 Å². The molecule has 0 radical (unpaired) electrons. The van der Waals surface area contributed by atoms with E-state index < -0.39 is 0 Å². The highest BCUT2D eigenvalue weighted by Crippen LogP contribution is 2.40. The van der Waals surface area contributed by atoms with Gasteiger partial charge in [-0.25, -0.2) is 0 Å². The van der Waals surface area contributed by atoms with Gasteiger partial charge in [-0.15, -0.1) is 10.2 Å². The van der Waals surface area contributed by atoms with Crippen molar-refractivity contribution < 1.29 is 13.9 Å². The van der Waals surface area contributed by atoms with Crippen LogP contribution in [0.3, 0.4) is 0 Å². The summed E-state index contributed by atoms with van der Waals surface area (Å²) in [5.74, 6) is 1.76. The van der Waals surface area contributed by atoms with Gasteiger partial charge in [0, 0.05) is 16.5 Å². The summed E-state index contributed by atoms with van der Waals surface area (Å²) in [6.07, 6.45) is 0.533. The van der Waals surface area contributed by atoms with Crippen LogP contribution in [0, 0.1) is 6.92 Å². The number of rotatable bonds is 4. The first-order valence-corrected chi connectivity index (χ1v) is 9.20. The number of fused-ring (bicyclic) bond motifs is 1. The molecule has 1 atom stereocenters. The van der Waals surface area contributed by atoms with E-state index in [0.717, 1.165) is 21.2 Å². The zero-order valence-electron chi connectivity index (χ0n) is 14.5. The van der Waals surface area contributed by atoms with Gasteiger partial charge >= 0.3 is 0 Å². The molecule has 2 aromatic carbocycles. The van der Waals surface area contributed by atoms with E-state index >= 15 is 0 Å². The van der Waals surface area contributed by atoms with E-state index in [1.807, 2.05) is 43.3 Å². The predicted molar refractivity (Wildman–Crippen MR) is 100 cm³/mol. The zero-order chi connectivity index (χ0) is 18.3. The molecular formula is C20H17BrN2O3. The smallest absolute Gasteiger partial charge is 0.254 e. The number of halogens is 1. The van der Waals surface area contributed by atoms with Crippen molar-refractivity contribution in [3.8, 4) is 17.2 Å². The molecule has 3 aromatic rings. The van der Waals surface area contributed by atoms with Gasteiger partial charge in [-0.2, -0.15) is 0 Å². The molecule has 0 amide bonds. The lowest BCUT2D eigenvalue weighted by atomic mass is 9.97. The third-order valence-corrected chi connectivity index (χ3v) is 5.13. The second kappa shape index (κ2) is 6.68. The quantitative estimate of drug-likeness (QED) is 0.597. The molecule has 132 valence electrons. The average Bonchev–Trinajstić information content (AvgIpc) is 3.20. The number of aryl methyl sites for hydroxylation is 1. The number of ether oxygens (including phenoxy) is 1. The lowest BCUT2D eigenvalue weighted by Crippen LogP contribution is -2.02. The van der Waals surface area contributed by atoms with Gasteiger partial charge in [0.1, 0.15) is 5.75 Å². The molecule has 1 aromatic heterocycles. The van der Waals surface area contributed by atoms with Crippen LogP contribution in [0.15, 0.2) is 45.3 Å². The number of Topliss-reactive ketones (excluding diaryl/α,β-unsaturated/α-hetero) is 1. The number of benzene rings is 2. The van der Waals surface area contributed by atoms with Crippen molar-refractivity contribution in [3.05, 3.63) is 63.5 Å². The van der Waals surface area contributed by atoms with Crippen molar-refractivity contribution in [2.45, 2.75) is 32.8 Å². The Bertz CT molecular complexity index is 979. The maximum atomic E-state index is 12.3. The molecule has 1 aliphatic rings. The molecule has 0 saturated carbocycles. The Morgan fingerprint density at radius 2 is 1.96 bits per heavy atom. The van der Waals surface area contributed by atoms with E-state index in [4.69, 9.17) is 9.15 Å². The molecule has 6 heteroatoms. The molecule has 0 saturated heterocycles. The highest BCUT2D eigenvalue weighted by atomic mass is 79.9. The largest absolute Gasteiger partial charge is 0.483 e. The van der Waals surface area contributed by atoms with Gasteiger partial charge in [-0.1, -0.05) is 28.9 Å². The van der Waals surface area contributed by atoms with Gasteiger partial charge in [0.15, 0.2) is 12.4 Å². The molecule has 26 heavy (non-hydrogen) atoms. The summed E-state index contributed by atoms with van der Waals surface area (Å²) < 4.78 is 12.5. The predicted octanol–water partition coefficient (Wildman–Crippen LogP) is 5.08. The summed E-state index contributed by atoms with van der Waals surface area (Å²) in [5.41, 5.74) is 3.76. The Morgan fingerprint density at radius 1 is 1.19 bits per heavy atom. The van der Waals surface area contributed by atoms with Gasteiger partial charge in [-0.05, 0) is 54.3 Å². The first-order valence-electron chi connectivity index (χ1n) is 8.40. The average molecular weight is 413 g/mol. The standard InChI is InChI=1S/C20H17BrN2O3/c1-11-3-8-16(19-15(24)9-12(2)18(11)19)25-10-17-22-23-20(26-17)13-4-6-14(21)7-5-13/h3-8,12H,9-10H2,1-2H3. The minimum atomic E-state index is 0.126. The van der Waals surface area contributed by atoms with Crippen molar-refractivity contribution in [2.24, 2.45) is 0 Å². The normalized spacial score (nSPS) is 16.0. The van der Waals surface area contributed by atoms with Crippen molar-refractivity contribution >= 4 is 21.7 Å². The number of carbonyl (C=O) groups excluding carboxylic acids is 1. The topological polar surface area (TPSA) is 65.2 Å². The number of aromatic nitrogens is 2. The molecule has 1 aliphatic carbocycles.